The van der Waals surface area contributed by atoms with Gasteiger partial charge < -0.3 is 9.72 Å². The van der Waals surface area contributed by atoms with Crippen LogP contribution in [0.25, 0.3) is 10.9 Å². The lowest BCUT2D eigenvalue weighted by molar-refractivity contribution is 0.151. The minimum absolute atomic E-state index is 0.166. The zero-order chi connectivity index (χ0) is 10.7. The van der Waals surface area contributed by atoms with Crippen molar-refractivity contribution in [3.05, 3.63) is 35.8 Å². The Morgan fingerprint density at radius 1 is 1.40 bits per heavy atom. The minimum Gasteiger partial charge on any atom is -0.381 e. The SMILES string of the molecule is CCOCCc1c[nH]c2cccc(F)c12. The van der Waals surface area contributed by atoms with Gasteiger partial charge in [-0.15, -0.1) is 0 Å². The van der Waals surface area contributed by atoms with Gasteiger partial charge in [0.1, 0.15) is 5.82 Å². The van der Waals surface area contributed by atoms with Crippen molar-refractivity contribution in [3.8, 4) is 0 Å². The second-order valence-electron chi connectivity index (χ2n) is 3.42. The predicted octanol–water partition coefficient (Wildman–Crippen LogP) is 2.89. The van der Waals surface area contributed by atoms with E-state index in [0.29, 0.717) is 18.6 Å². The average molecular weight is 207 g/mol. The number of benzene rings is 1. The molecule has 2 rings (SSSR count). The van der Waals surface area contributed by atoms with Gasteiger partial charge in [0.2, 0.25) is 0 Å². The number of hydrogen-bond donors (Lipinski definition) is 1. The Kier molecular flexibility index (Phi) is 3.02. The van der Waals surface area contributed by atoms with E-state index >= 15 is 0 Å². The Hall–Kier alpha value is -1.35. The van der Waals surface area contributed by atoms with Crippen molar-refractivity contribution in [3.63, 3.8) is 0 Å². The van der Waals surface area contributed by atoms with Gasteiger partial charge >= 0.3 is 0 Å². The quantitative estimate of drug-likeness (QED) is 0.766. The number of aromatic amines is 1. The Balaban J connectivity index is 2.27. The summed E-state index contributed by atoms with van der Waals surface area (Å²) in [6, 6.07) is 5.07. The molecule has 1 N–H and O–H groups in total. The Labute approximate surface area is 88.1 Å². The normalized spacial score (nSPS) is 11.1. The van der Waals surface area contributed by atoms with E-state index in [0.717, 1.165) is 17.5 Å². The van der Waals surface area contributed by atoms with Crippen LogP contribution < -0.4 is 0 Å². The lowest BCUT2D eigenvalue weighted by atomic mass is 10.1. The fourth-order valence-electron chi connectivity index (χ4n) is 1.73. The van der Waals surface area contributed by atoms with Gasteiger partial charge in [-0.25, -0.2) is 4.39 Å². The summed E-state index contributed by atoms with van der Waals surface area (Å²) in [5.74, 6) is -0.166. The van der Waals surface area contributed by atoms with Crippen LogP contribution in [0.1, 0.15) is 12.5 Å². The summed E-state index contributed by atoms with van der Waals surface area (Å²) >= 11 is 0. The summed E-state index contributed by atoms with van der Waals surface area (Å²) in [6.45, 7) is 3.29. The molecule has 0 spiro atoms. The number of nitrogens with one attached hydrogen (secondary N) is 1. The van der Waals surface area contributed by atoms with Gasteiger partial charge in [0.05, 0.1) is 6.61 Å². The Morgan fingerprint density at radius 2 is 2.27 bits per heavy atom. The van der Waals surface area contributed by atoms with Crippen molar-refractivity contribution < 1.29 is 9.13 Å². The van der Waals surface area contributed by atoms with Crippen molar-refractivity contribution in [1.82, 2.24) is 4.98 Å². The lowest BCUT2D eigenvalue weighted by Gasteiger charge is -2.00. The van der Waals surface area contributed by atoms with Crippen LogP contribution in [-0.4, -0.2) is 18.2 Å². The second-order valence-corrected chi connectivity index (χ2v) is 3.42. The third-order valence-electron chi connectivity index (χ3n) is 2.46. The molecule has 15 heavy (non-hydrogen) atoms. The molecule has 2 aromatic rings. The van der Waals surface area contributed by atoms with Crippen LogP contribution in [0.15, 0.2) is 24.4 Å². The van der Waals surface area contributed by atoms with Crippen LogP contribution >= 0.6 is 0 Å². The number of hydrogen-bond acceptors (Lipinski definition) is 1. The molecule has 3 heteroatoms. The third-order valence-corrected chi connectivity index (χ3v) is 2.46. The van der Waals surface area contributed by atoms with Gasteiger partial charge in [-0.05, 0) is 31.0 Å². The van der Waals surface area contributed by atoms with Crippen LogP contribution in [0.2, 0.25) is 0 Å². The molecule has 0 saturated carbocycles. The first-order valence-electron chi connectivity index (χ1n) is 5.15. The highest BCUT2D eigenvalue weighted by Gasteiger charge is 2.07. The van der Waals surface area contributed by atoms with Gasteiger partial charge in [0, 0.05) is 23.7 Å². The lowest BCUT2D eigenvalue weighted by Crippen LogP contribution is -1.97. The summed E-state index contributed by atoms with van der Waals surface area (Å²) in [5, 5.41) is 0.692. The van der Waals surface area contributed by atoms with Gasteiger partial charge in [0.25, 0.3) is 0 Å². The van der Waals surface area contributed by atoms with Crippen LogP contribution in [0.4, 0.5) is 4.39 Å². The van der Waals surface area contributed by atoms with Crippen molar-refractivity contribution in [2.45, 2.75) is 13.3 Å². The number of halogens is 1. The van der Waals surface area contributed by atoms with E-state index in [4.69, 9.17) is 4.74 Å². The van der Waals surface area contributed by atoms with Crippen LogP contribution in [0.3, 0.4) is 0 Å². The van der Waals surface area contributed by atoms with Gasteiger partial charge in [0.15, 0.2) is 0 Å². The molecular weight excluding hydrogens is 193 g/mol. The van der Waals surface area contributed by atoms with Crippen molar-refractivity contribution in [2.24, 2.45) is 0 Å². The van der Waals surface area contributed by atoms with Crippen molar-refractivity contribution >= 4 is 10.9 Å². The number of H-pyrrole nitrogens is 1. The zero-order valence-corrected chi connectivity index (χ0v) is 8.72. The van der Waals surface area contributed by atoms with Gasteiger partial charge in [-0.3, -0.25) is 0 Å². The topological polar surface area (TPSA) is 25.0 Å². The molecule has 0 atom stereocenters. The molecule has 0 amide bonds. The number of ether oxygens (including phenoxy) is 1. The molecule has 0 aliphatic heterocycles. The maximum atomic E-state index is 13.5. The number of aromatic nitrogens is 1. The number of rotatable bonds is 4. The first-order valence-corrected chi connectivity index (χ1v) is 5.15. The van der Waals surface area contributed by atoms with Crippen LogP contribution in [0, 0.1) is 5.82 Å². The van der Waals surface area contributed by atoms with E-state index in [9.17, 15) is 4.39 Å². The maximum absolute atomic E-state index is 13.5. The molecular formula is C12H14FNO. The van der Waals surface area contributed by atoms with E-state index in [1.807, 2.05) is 19.2 Å². The molecule has 1 aromatic heterocycles. The fraction of sp³-hybridized carbons (Fsp3) is 0.333. The van der Waals surface area contributed by atoms with E-state index in [1.54, 1.807) is 6.07 Å². The predicted molar refractivity (Wildman–Crippen MR) is 58.5 cm³/mol. The highest BCUT2D eigenvalue weighted by atomic mass is 19.1. The molecule has 0 bridgehead atoms. The molecule has 2 nitrogen and oxygen atoms in total. The van der Waals surface area contributed by atoms with Crippen LogP contribution in [-0.2, 0) is 11.2 Å². The average Bonchev–Trinajstić information content (AvgIpc) is 2.63. The molecule has 80 valence electrons. The highest BCUT2D eigenvalue weighted by molar-refractivity contribution is 5.83. The largest absolute Gasteiger partial charge is 0.381 e. The molecule has 1 heterocycles. The standard InChI is InChI=1S/C12H14FNO/c1-2-15-7-6-9-8-14-11-5-3-4-10(13)12(9)11/h3-5,8,14H,2,6-7H2,1H3. The summed E-state index contributed by atoms with van der Waals surface area (Å²) in [6.07, 6.45) is 2.60. The monoisotopic (exact) mass is 207 g/mol. The second kappa shape index (κ2) is 4.45. The highest BCUT2D eigenvalue weighted by Crippen LogP contribution is 2.21. The number of fused-ring (bicyclic) bond motifs is 1. The van der Waals surface area contributed by atoms with Crippen molar-refractivity contribution in [2.75, 3.05) is 13.2 Å². The van der Waals surface area contributed by atoms with E-state index < -0.39 is 0 Å². The third kappa shape index (κ3) is 2.02. The van der Waals surface area contributed by atoms with Crippen molar-refractivity contribution in [1.29, 1.82) is 0 Å². The fourth-order valence-corrected chi connectivity index (χ4v) is 1.73. The van der Waals surface area contributed by atoms with Gasteiger partial charge in [-0.2, -0.15) is 0 Å². The molecule has 0 aliphatic rings. The molecule has 0 fully saturated rings. The first-order chi connectivity index (χ1) is 7.33. The Bertz CT molecular complexity index is 450. The summed E-state index contributed by atoms with van der Waals surface area (Å²) in [7, 11) is 0. The summed E-state index contributed by atoms with van der Waals surface area (Å²) < 4.78 is 18.8. The van der Waals surface area contributed by atoms with Gasteiger partial charge in [-0.1, -0.05) is 6.07 Å². The molecule has 0 unspecified atom stereocenters. The summed E-state index contributed by atoms with van der Waals surface area (Å²) in [5.41, 5.74) is 1.83. The molecule has 0 radical (unpaired) electrons. The summed E-state index contributed by atoms with van der Waals surface area (Å²) in [4.78, 5) is 3.06. The Morgan fingerprint density at radius 3 is 3.07 bits per heavy atom. The zero-order valence-electron chi connectivity index (χ0n) is 8.72. The molecule has 0 saturated heterocycles. The van der Waals surface area contributed by atoms with Crippen LogP contribution in [0.5, 0.6) is 0 Å². The minimum atomic E-state index is -0.166. The molecule has 1 aromatic carbocycles. The van der Waals surface area contributed by atoms with E-state index in [1.165, 1.54) is 6.07 Å². The van der Waals surface area contributed by atoms with E-state index in [2.05, 4.69) is 4.98 Å². The first kappa shape index (κ1) is 10.2. The molecule has 0 aliphatic carbocycles. The maximum Gasteiger partial charge on any atom is 0.132 e. The van der Waals surface area contributed by atoms with E-state index in [-0.39, 0.29) is 5.82 Å². The smallest absolute Gasteiger partial charge is 0.132 e.